The number of pyridine rings is 1. The van der Waals surface area contributed by atoms with Crippen LogP contribution in [0.4, 0.5) is 0 Å². The SMILES string of the molecule is Cc1cc(C(=O)Cc2ccccc2)n(Cc2csc(-c3cccnc3)n2)c1. The third-order valence-electron chi connectivity index (χ3n) is 4.32. The van der Waals surface area contributed by atoms with Crippen LogP contribution in [0.15, 0.2) is 72.5 Å². The van der Waals surface area contributed by atoms with Crippen molar-refractivity contribution in [3.8, 4) is 10.6 Å². The Hall–Kier alpha value is -3.05. The Kier molecular flexibility index (Phi) is 4.94. The Balaban J connectivity index is 1.55. The summed E-state index contributed by atoms with van der Waals surface area (Å²) in [5.41, 5.74) is 4.79. The van der Waals surface area contributed by atoms with E-state index < -0.39 is 0 Å². The molecule has 0 N–H and O–H groups in total. The van der Waals surface area contributed by atoms with Crippen molar-refractivity contribution < 1.29 is 4.79 Å². The summed E-state index contributed by atoms with van der Waals surface area (Å²) in [7, 11) is 0. The van der Waals surface area contributed by atoms with Crippen molar-refractivity contribution in [1.82, 2.24) is 14.5 Å². The second-order valence-electron chi connectivity index (χ2n) is 6.50. The lowest BCUT2D eigenvalue weighted by Crippen LogP contribution is -2.11. The fraction of sp³-hybridized carbons (Fsp3) is 0.136. The van der Waals surface area contributed by atoms with Crippen LogP contribution in [0.3, 0.4) is 0 Å². The second-order valence-corrected chi connectivity index (χ2v) is 7.36. The largest absolute Gasteiger partial charge is 0.339 e. The Bertz CT molecular complexity index is 1050. The minimum absolute atomic E-state index is 0.122. The molecule has 0 unspecified atom stereocenters. The van der Waals surface area contributed by atoms with Gasteiger partial charge in [0.25, 0.3) is 0 Å². The molecule has 4 aromatic rings. The van der Waals surface area contributed by atoms with Gasteiger partial charge in [-0.3, -0.25) is 9.78 Å². The molecule has 5 heteroatoms. The van der Waals surface area contributed by atoms with Crippen LogP contribution in [0.1, 0.15) is 27.3 Å². The maximum absolute atomic E-state index is 12.8. The van der Waals surface area contributed by atoms with Gasteiger partial charge in [0.05, 0.1) is 17.9 Å². The summed E-state index contributed by atoms with van der Waals surface area (Å²) in [6.45, 7) is 2.60. The highest BCUT2D eigenvalue weighted by Crippen LogP contribution is 2.23. The third-order valence-corrected chi connectivity index (χ3v) is 5.26. The minimum Gasteiger partial charge on any atom is -0.339 e. The van der Waals surface area contributed by atoms with Gasteiger partial charge in [-0.05, 0) is 36.2 Å². The van der Waals surface area contributed by atoms with Crippen LogP contribution in [0.25, 0.3) is 10.6 Å². The summed E-state index contributed by atoms with van der Waals surface area (Å²) in [6, 6.07) is 15.7. The number of benzene rings is 1. The summed E-state index contributed by atoms with van der Waals surface area (Å²) in [6.07, 6.45) is 5.99. The highest BCUT2D eigenvalue weighted by molar-refractivity contribution is 7.13. The number of hydrogen-bond donors (Lipinski definition) is 0. The van der Waals surface area contributed by atoms with Gasteiger partial charge in [-0.25, -0.2) is 4.98 Å². The number of aryl methyl sites for hydroxylation is 1. The van der Waals surface area contributed by atoms with Crippen molar-refractivity contribution in [2.75, 3.05) is 0 Å². The van der Waals surface area contributed by atoms with Crippen LogP contribution in [0.5, 0.6) is 0 Å². The first kappa shape index (κ1) is 17.4. The molecule has 0 bridgehead atoms. The Morgan fingerprint density at radius 2 is 2.00 bits per heavy atom. The molecule has 0 fully saturated rings. The van der Waals surface area contributed by atoms with E-state index in [0.29, 0.717) is 13.0 Å². The molecule has 27 heavy (non-hydrogen) atoms. The molecule has 1 aromatic carbocycles. The van der Waals surface area contributed by atoms with Gasteiger partial charge >= 0.3 is 0 Å². The molecule has 4 rings (SSSR count). The normalized spacial score (nSPS) is 10.9. The number of rotatable bonds is 6. The van der Waals surface area contributed by atoms with Gasteiger partial charge in [0.15, 0.2) is 5.78 Å². The number of Topliss-reactive ketones (excluding diaryl/α,β-unsaturated/α-hetero) is 1. The van der Waals surface area contributed by atoms with E-state index in [4.69, 9.17) is 4.98 Å². The van der Waals surface area contributed by atoms with Crippen molar-refractivity contribution in [2.24, 2.45) is 0 Å². The quantitative estimate of drug-likeness (QED) is 0.457. The van der Waals surface area contributed by atoms with Crippen molar-refractivity contribution >= 4 is 17.1 Å². The number of aromatic nitrogens is 3. The number of ketones is 1. The Labute approximate surface area is 162 Å². The van der Waals surface area contributed by atoms with Crippen molar-refractivity contribution in [1.29, 1.82) is 0 Å². The standard InChI is InChI=1S/C22H19N3OS/c1-16-10-20(21(26)11-17-6-3-2-4-7-17)25(13-16)14-19-15-27-22(24-19)18-8-5-9-23-12-18/h2-10,12-13,15H,11,14H2,1H3. The van der Waals surface area contributed by atoms with Gasteiger partial charge in [0.2, 0.25) is 0 Å². The monoisotopic (exact) mass is 373 g/mol. The number of carbonyl (C=O) groups is 1. The van der Waals surface area contributed by atoms with Crippen LogP contribution < -0.4 is 0 Å². The van der Waals surface area contributed by atoms with E-state index >= 15 is 0 Å². The number of nitrogens with zero attached hydrogens (tertiary/aromatic N) is 3. The first-order valence-electron chi connectivity index (χ1n) is 8.78. The van der Waals surface area contributed by atoms with E-state index in [9.17, 15) is 4.79 Å². The number of hydrogen-bond acceptors (Lipinski definition) is 4. The zero-order chi connectivity index (χ0) is 18.6. The first-order valence-corrected chi connectivity index (χ1v) is 9.66. The lowest BCUT2D eigenvalue weighted by Gasteiger charge is -2.07. The molecule has 0 saturated heterocycles. The summed E-state index contributed by atoms with van der Waals surface area (Å²) in [4.78, 5) is 21.7. The molecular formula is C22H19N3OS. The minimum atomic E-state index is 0.122. The molecule has 4 nitrogen and oxygen atoms in total. The van der Waals surface area contributed by atoms with Gasteiger partial charge in [0, 0.05) is 36.0 Å². The van der Waals surface area contributed by atoms with E-state index in [1.807, 2.05) is 77.8 Å². The van der Waals surface area contributed by atoms with Crippen LogP contribution in [0, 0.1) is 6.92 Å². The molecule has 3 aromatic heterocycles. The average molecular weight is 373 g/mol. The average Bonchev–Trinajstić information content (AvgIpc) is 3.30. The maximum Gasteiger partial charge on any atom is 0.183 e. The van der Waals surface area contributed by atoms with Crippen molar-refractivity contribution in [2.45, 2.75) is 19.9 Å². The molecular weight excluding hydrogens is 354 g/mol. The summed E-state index contributed by atoms with van der Waals surface area (Å²) in [5.74, 6) is 0.122. The highest BCUT2D eigenvalue weighted by atomic mass is 32.1. The predicted molar refractivity (Wildman–Crippen MR) is 108 cm³/mol. The Morgan fingerprint density at radius 3 is 2.78 bits per heavy atom. The van der Waals surface area contributed by atoms with E-state index in [1.165, 1.54) is 0 Å². The van der Waals surface area contributed by atoms with Crippen molar-refractivity contribution in [3.63, 3.8) is 0 Å². The van der Waals surface area contributed by atoms with E-state index in [1.54, 1.807) is 17.5 Å². The summed E-state index contributed by atoms with van der Waals surface area (Å²) < 4.78 is 2.00. The zero-order valence-corrected chi connectivity index (χ0v) is 15.8. The third kappa shape index (κ3) is 4.04. The molecule has 0 atom stereocenters. The molecule has 0 aliphatic heterocycles. The van der Waals surface area contributed by atoms with Gasteiger partial charge in [-0.2, -0.15) is 0 Å². The Morgan fingerprint density at radius 1 is 1.15 bits per heavy atom. The molecule has 0 spiro atoms. The van der Waals surface area contributed by atoms with E-state index in [0.717, 1.165) is 33.1 Å². The van der Waals surface area contributed by atoms with Crippen LogP contribution in [0.2, 0.25) is 0 Å². The molecule has 3 heterocycles. The lowest BCUT2D eigenvalue weighted by molar-refractivity contribution is 0.0984. The maximum atomic E-state index is 12.8. The van der Waals surface area contributed by atoms with Gasteiger partial charge in [0.1, 0.15) is 5.01 Å². The van der Waals surface area contributed by atoms with E-state index in [2.05, 4.69) is 4.98 Å². The van der Waals surface area contributed by atoms with Gasteiger partial charge < -0.3 is 4.57 Å². The lowest BCUT2D eigenvalue weighted by atomic mass is 10.1. The fourth-order valence-electron chi connectivity index (χ4n) is 3.07. The molecule has 0 amide bonds. The fourth-order valence-corrected chi connectivity index (χ4v) is 3.87. The summed E-state index contributed by atoms with van der Waals surface area (Å²) >= 11 is 1.60. The van der Waals surface area contributed by atoms with Gasteiger partial charge in [-0.15, -0.1) is 11.3 Å². The zero-order valence-electron chi connectivity index (χ0n) is 15.0. The molecule has 0 saturated carbocycles. The number of carbonyl (C=O) groups excluding carboxylic acids is 1. The van der Waals surface area contributed by atoms with Crippen LogP contribution in [-0.2, 0) is 13.0 Å². The van der Waals surface area contributed by atoms with Crippen LogP contribution in [-0.4, -0.2) is 20.3 Å². The molecule has 0 radical (unpaired) electrons. The summed E-state index contributed by atoms with van der Waals surface area (Å²) in [5, 5.41) is 2.99. The van der Waals surface area contributed by atoms with Crippen LogP contribution >= 0.6 is 11.3 Å². The topological polar surface area (TPSA) is 47.8 Å². The smallest absolute Gasteiger partial charge is 0.183 e. The molecule has 0 aliphatic rings. The van der Waals surface area contributed by atoms with Gasteiger partial charge in [-0.1, -0.05) is 30.3 Å². The molecule has 134 valence electrons. The first-order chi connectivity index (χ1) is 13.2. The second kappa shape index (κ2) is 7.68. The van der Waals surface area contributed by atoms with Crippen molar-refractivity contribution in [3.05, 3.63) is 95.0 Å². The molecule has 0 aliphatic carbocycles. The highest BCUT2D eigenvalue weighted by Gasteiger charge is 2.15. The number of thiazole rings is 1. The predicted octanol–water partition coefficient (Wildman–Crippen LogP) is 4.79. The van der Waals surface area contributed by atoms with E-state index in [-0.39, 0.29) is 5.78 Å².